The highest BCUT2D eigenvalue weighted by atomic mass is 16.5. The van der Waals surface area contributed by atoms with Crippen LogP contribution in [0.25, 0.3) is 0 Å². The van der Waals surface area contributed by atoms with Gasteiger partial charge in [0.15, 0.2) is 0 Å². The van der Waals surface area contributed by atoms with Crippen LogP contribution in [-0.2, 0) is 4.74 Å². The van der Waals surface area contributed by atoms with Crippen molar-refractivity contribution in [2.45, 2.75) is 61.3 Å². The molecule has 1 aromatic carbocycles. The minimum absolute atomic E-state index is 0.248. The Bertz CT molecular complexity index is 401. The van der Waals surface area contributed by atoms with Crippen LogP contribution in [0.15, 0.2) is 6.07 Å². The summed E-state index contributed by atoms with van der Waals surface area (Å²) in [6, 6.07) is 1.57. The van der Waals surface area contributed by atoms with Gasteiger partial charge in [-0.1, -0.05) is 27.7 Å². The van der Waals surface area contributed by atoms with E-state index in [1.54, 1.807) is 26.8 Å². The van der Waals surface area contributed by atoms with E-state index in [0.717, 1.165) is 36.2 Å². The Morgan fingerprint density at radius 3 is 1.73 bits per heavy atom. The summed E-state index contributed by atoms with van der Waals surface area (Å²) < 4.78 is 5.46. The summed E-state index contributed by atoms with van der Waals surface area (Å²) >= 11 is 0. The largest absolute Gasteiger partial charge is 0.508 e. The van der Waals surface area contributed by atoms with Crippen LogP contribution < -0.4 is 0 Å². The summed E-state index contributed by atoms with van der Waals surface area (Å²) in [5.41, 5.74) is 2.21. The normalized spacial score (nSPS) is 10.8. The van der Waals surface area contributed by atoms with Gasteiger partial charge in [-0.25, -0.2) is 0 Å². The Morgan fingerprint density at radius 1 is 0.864 bits per heavy atom. The molecule has 0 aliphatic rings. The molecule has 0 aliphatic heterocycles. The first-order valence-electron chi connectivity index (χ1n) is 8.23. The van der Waals surface area contributed by atoms with E-state index in [0.29, 0.717) is 5.56 Å². The van der Waals surface area contributed by atoms with E-state index in [4.69, 9.17) is 4.74 Å². The number of aromatic hydroxyl groups is 2. The van der Waals surface area contributed by atoms with Crippen LogP contribution in [0.1, 0.15) is 57.2 Å². The zero-order valence-electron chi connectivity index (χ0n) is 15.4. The van der Waals surface area contributed by atoms with Gasteiger partial charge in [0.05, 0.1) is 0 Å². The lowest BCUT2D eigenvalue weighted by molar-refractivity contribution is 0.114. The maximum Gasteiger partial charge on any atom is 0.121 e. The third-order valence-corrected chi connectivity index (χ3v) is 3.71. The van der Waals surface area contributed by atoms with Crippen molar-refractivity contribution in [3.05, 3.63) is 22.8 Å². The Kier molecular flexibility index (Phi) is 9.91. The van der Waals surface area contributed by atoms with E-state index in [1.807, 2.05) is 0 Å². The highest BCUT2D eigenvalue weighted by Gasteiger charge is 2.06. The molecule has 0 atom stereocenters. The van der Waals surface area contributed by atoms with E-state index in [1.165, 1.54) is 12.8 Å². The predicted octanol–water partition coefficient (Wildman–Crippen LogP) is 5.12. The molecule has 1 aromatic rings. The van der Waals surface area contributed by atoms with Crippen LogP contribution in [-0.4, -0.2) is 23.4 Å². The molecule has 0 aromatic heterocycles. The van der Waals surface area contributed by atoms with Gasteiger partial charge in [0.1, 0.15) is 11.5 Å². The summed E-state index contributed by atoms with van der Waals surface area (Å²) in [5, 5.41) is 18.7. The molecule has 2 N–H and O–H groups in total. The quantitative estimate of drug-likeness (QED) is 0.566. The van der Waals surface area contributed by atoms with Crippen molar-refractivity contribution in [2.24, 2.45) is 11.8 Å². The third-order valence-electron chi connectivity index (χ3n) is 3.71. The molecule has 0 amide bonds. The number of phenols is 2. The minimum atomic E-state index is 0.248. The van der Waals surface area contributed by atoms with E-state index in [2.05, 4.69) is 27.7 Å². The van der Waals surface area contributed by atoms with Gasteiger partial charge in [-0.2, -0.15) is 0 Å². The Labute approximate surface area is 136 Å². The average molecular weight is 310 g/mol. The first-order valence-corrected chi connectivity index (χ1v) is 8.23. The zero-order chi connectivity index (χ0) is 17.3. The topological polar surface area (TPSA) is 49.7 Å². The summed E-state index contributed by atoms with van der Waals surface area (Å²) in [6.07, 6.45) is 2.39. The number of aryl methyl sites for hydroxylation is 1. The van der Waals surface area contributed by atoms with E-state index >= 15 is 0 Å². The molecule has 22 heavy (non-hydrogen) atoms. The fourth-order valence-electron chi connectivity index (χ4n) is 1.79. The van der Waals surface area contributed by atoms with Crippen LogP contribution in [0, 0.1) is 32.6 Å². The van der Waals surface area contributed by atoms with Crippen molar-refractivity contribution < 1.29 is 14.9 Å². The molecule has 0 aliphatic carbocycles. The second kappa shape index (κ2) is 10.5. The van der Waals surface area contributed by atoms with Crippen LogP contribution in [0.4, 0.5) is 0 Å². The highest BCUT2D eigenvalue weighted by molar-refractivity contribution is 5.50. The highest BCUT2D eigenvalue weighted by Crippen LogP contribution is 2.30. The van der Waals surface area contributed by atoms with Gasteiger partial charge in [-0.3, -0.25) is 0 Å². The van der Waals surface area contributed by atoms with E-state index < -0.39 is 0 Å². The van der Waals surface area contributed by atoms with E-state index in [-0.39, 0.29) is 11.5 Å². The smallest absolute Gasteiger partial charge is 0.121 e. The molecule has 1 rings (SSSR count). The van der Waals surface area contributed by atoms with Crippen molar-refractivity contribution in [2.75, 3.05) is 13.2 Å². The molecule has 0 heterocycles. The van der Waals surface area contributed by atoms with Gasteiger partial charge in [-0.15, -0.1) is 0 Å². The maximum absolute atomic E-state index is 9.40. The van der Waals surface area contributed by atoms with Crippen LogP contribution >= 0.6 is 0 Å². The number of rotatable bonds is 6. The monoisotopic (exact) mass is 310 g/mol. The number of hydrogen-bond donors (Lipinski definition) is 2. The van der Waals surface area contributed by atoms with Crippen LogP contribution in [0.2, 0.25) is 0 Å². The fourth-order valence-corrected chi connectivity index (χ4v) is 1.79. The van der Waals surface area contributed by atoms with Gasteiger partial charge in [0.25, 0.3) is 0 Å². The minimum Gasteiger partial charge on any atom is -0.508 e. The second-order valence-electron chi connectivity index (χ2n) is 6.79. The molecule has 0 fully saturated rings. The molecule has 0 unspecified atom stereocenters. The van der Waals surface area contributed by atoms with Crippen LogP contribution in [0.5, 0.6) is 11.5 Å². The van der Waals surface area contributed by atoms with Gasteiger partial charge < -0.3 is 14.9 Å². The summed E-state index contributed by atoms with van der Waals surface area (Å²) in [5.74, 6) is 2.07. The van der Waals surface area contributed by atoms with Gasteiger partial charge in [0, 0.05) is 13.2 Å². The fraction of sp³-hybridized carbons (Fsp3) is 0.684. The summed E-state index contributed by atoms with van der Waals surface area (Å²) in [4.78, 5) is 0. The molecular weight excluding hydrogens is 276 g/mol. The average Bonchev–Trinajstić information content (AvgIpc) is 2.42. The molecule has 0 saturated carbocycles. The standard InChI is InChI=1S/C10H22O.C9H12O2/c1-9(2)5-7-11-8-6-10(3)4;1-5-4-8(10)6(2)7(3)9(5)11/h9-10H,5-8H2,1-4H3;4,10-11H,1-3H3. The third kappa shape index (κ3) is 8.28. The van der Waals surface area contributed by atoms with Crippen molar-refractivity contribution in [3.8, 4) is 11.5 Å². The van der Waals surface area contributed by atoms with Crippen molar-refractivity contribution >= 4 is 0 Å². The van der Waals surface area contributed by atoms with Crippen molar-refractivity contribution in [1.82, 2.24) is 0 Å². The summed E-state index contributed by atoms with van der Waals surface area (Å²) in [6.45, 7) is 16.1. The van der Waals surface area contributed by atoms with Gasteiger partial charge in [0.2, 0.25) is 0 Å². The number of hydrogen-bond acceptors (Lipinski definition) is 3. The molecule has 128 valence electrons. The maximum atomic E-state index is 9.40. The van der Waals surface area contributed by atoms with Crippen molar-refractivity contribution in [3.63, 3.8) is 0 Å². The SMILES string of the molecule is CC(C)CCOCCC(C)C.Cc1cc(O)c(C)c(C)c1O. The Morgan fingerprint density at radius 2 is 1.32 bits per heavy atom. The van der Waals surface area contributed by atoms with Gasteiger partial charge >= 0.3 is 0 Å². The lowest BCUT2D eigenvalue weighted by Crippen LogP contribution is -2.02. The second-order valence-corrected chi connectivity index (χ2v) is 6.79. The van der Waals surface area contributed by atoms with Crippen LogP contribution in [0.3, 0.4) is 0 Å². The molecule has 0 radical (unpaired) electrons. The predicted molar refractivity (Wildman–Crippen MR) is 93.7 cm³/mol. The molecule has 0 bridgehead atoms. The lowest BCUT2D eigenvalue weighted by Gasteiger charge is -2.07. The number of benzene rings is 1. The van der Waals surface area contributed by atoms with Gasteiger partial charge in [-0.05, 0) is 68.2 Å². The molecule has 3 heteroatoms. The Hall–Kier alpha value is -1.22. The zero-order valence-corrected chi connectivity index (χ0v) is 15.4. The van der Waals surface area contributed by atoms with E-state index in [9.17, 15) is 10.2 Å². The number of phenolic OH excluding ortho intramolecular Hbond substituents is 2. The summed E-state index contributed by atoms with van der Waals surface area (Å²) in [7, 11) is 0. The molecule has 0 saturated heterocycles. The van der Waals surface area contributed by atoms with Crippen molar-refractivity contribution in [1.29, 1.82) is 0 Å². The number of ether oxygens (including phenoxy) is 1. The lowest BCUT2D eigenvalue weighted by atomic mass is 10.0. The molecular formula is C19H34O3. The Balaban J connectivity index is 0.000000401. The first-order chi connectivity index (χ1) is 10.2. The molecule has 0 spiro atoms. The molecule has 3 nitrogen and oxygen atoms in total. The first kappa shape index (κ1) is 20.8.